The molecule has 6 rings (SSSR count). The van der Waals surface area contributed by atoms with Gasteiger partial charge in [0.15, 0.2) is 11.5 Å². The first-order valence-corrected chi connectivity index (χ1v) is 9.72. The van der Waals surface area contributed by atoms with Gasteiger partial charge >= 0.3 is 0 Å². The molecule has 0 unspecified atom stereocenters. The number of nitrogens with one attached hydrogen (secondary N) is 2. The number of benzene rings is 1. The summed E-state index contributed by atoms with van der Waals surface area (Å²) in [5.74, 6) is 0.651. The van der Waals surface area contributed by atoms with Crippen molar-refractivity contribution in [3.63, 3.8) is 0 Å². The van der Waals surface area contributed by atoms with Gasteiger partial charge in [-0.2, -0.15) is 5.10 Å². The van der Waals surface area contributed by atoms with Crippen molar-refractivity contribution in [1.82, 2.24) is 35.1 Å². The molecular weight excluding hydrogens is 388 g/mol. The van der Waals surface area contributed by atoms with E-state index in [4.69, 9.17) is 15.7 Å². The van der Waals surface area contributed by atoms with Crippen LogP contribution in [0.2, 0.25) is 0 Å². The summed E-state index contributed by atoms with van der Waals surface area (Å²) in [6.45, 7) is 0. The lowest BCUT2D eigenvalue weighted by Crippen LogP contribution is -1.90. The number of para-hydroxylation sites is 1. The normalized spacial score (nSPS) is 11.4. The van der Waals surface area contributed by atoms with Gasteiger partial charge in [-0.25, -0.2) is 9.97 Å². The molecule has 0 aliphatic rings. The molecule has 1 aromatic carbocycles. The van der Waals surface area contributed by atoms with E-state index >= 15 is 0 Å². The number of imidazole rings is 1. The number of rotatable bonds is 3. The minimum Gasteiger partial charge on any atom is -0.397 e. The fourth-order valence-corrected chi connectivity index (χ4v) is 3.73. The molecule has 31 heavy (non-hydrogen) atoms. The average Bonchev–Trinajstić information content (AvgIpc) is 3.43. The van der Waals surface area contributed by atoms with Crippen molar-refractivity contribution in [2.45, 2.75) is 0 Å². The molecule has 0 spiro atoms. The van der Waals surface area contributed by atoms with Crippen LogP contribution in [0.1, 0.15) is 0 Å². The molecule has 5 heterocycles. The van der Waals surface area contributed by atoms with Crippen molar-refractivity contribution < 1.29 is 0 Å². The monoisotopic (exact) mass is 404 g/mol. The second kappa shape index (κ2) is 6.74. The number of H-pyrrole nitrogens is 2. The van der Waals surface area contributed by atoms with Crippen LogP contribution in [0.5, 0.6) is 0 Å². The number of aromatic amines is 2. The maximum absolute atomic E-state index is 5.89. The lowest BCUT2D eigenvalue weighted by Gasteiger charge is -2.02. The second-order valence-electron chi connectivity index (χ2n) is 7.19. The summed E-state index contributed by atoms with van der Waals surface area (Å²) in [5.41, 5.74) is 14.2. The molecule has 0 saturated carbocycles. The van der Waals surface area contributed by atoms with E-state index in [0.717, 1.165) is 44.5 Å². The summed E-state index contributed by atoms with van der Waals surface area (Å²) < 4.78 is 0. The number of aromatic nitrogens is 7. The van der Waals surface area contributed by atoms with E-state index in [-0.39, 0.29) is 0 Å². The Bertz CT molecular complexity index is 1550. The fraction of sp³-hybridized carbons (Fsp3) is 0. The van der Waals surface area contributed by atoms with Crippen molar-refractivity contribution in [3.8, 4) is 33.9 Å². The van der Waals surface area contributed by atoms with E-state index in [1.807, 2.05) is 48.5 Å². The van der Waals surface area contributed by atoms with Crippen LogP contribution in [0.15, 0.2) is 73.3 Å². The molecule has 6 aromatic rings. The molecule has 0 atom stereocenters. The first kappa shape index (κ1) is 17.3. The predicted molar refractivity (Wildman–Crippen MR) is 120 cm³/mol. The highest BCUT2D eigenvalue weighted by Crippen LogP contribution is 2.31. The maximum Gasteiger partial charge on any atom is 0.161 e. The Labute approximate surface area is 176 Å². The van der Waals surface area contributed by atoms with Crippen LogP contribution in [0.4, 0.5) is 5.69 Å². The topological polar surface area (TPSA) is 122 Å². The summed E-state index contributed by atoms with van der Waals surface area (Å²) >= 11 is 0. The van der Waals surface area contributed by atoms with Crippen molar-refractivity contribution in [2.75, 3.05) is 5.73 Å². The third-order valence-electron chi connectivity index (χ3n) is 5.19. The Morgan fingerprint density at radius 3 is 2.55 bits per heavy atom. The third-order valence-corrected chi connectivity index (χ3v) is 5.19. The summed E-state index contributed by atoms with van der Waals surface area (Å²) in [5, 5.41) is 7.53. The Morgan fingerprint density at radius 2 is 1.68 bits per heavy atom. The van der Waals surface area contributed by atoms with E-state index < -0.39 is 0 Å². The van der Waals surface area contributed by atoms with E-state index in [1.54, 1.807) is 24.8 Å². The Hall–Kier alpha value is -4.59. The van der Waals surface area contributed by atoms with Gasteiger partial charge in [0.25, 0.3) is 0 Å². The van der Waals surface area contributed by atoms with Gasteiger partial charge in [-0.05, 0) is 42.0 Å². The Balaban J connectivity index is 1.51. The van der Waals surface area contributed by atoms with Gasteiger partial charge in [-0.3, -0.25) is 15.1 Å². The molecular formula is C23H16N8. The molecule has 0 saturated heterocycles. The van der Waals surface area contributed by atoms with Gasteiger partial charge in [0, 0.05) is 35.9 Å². The van der Waals surface area contributed by atoms with Crippen LogP contribution in [0.3, 0.4) is 0 Å². The zero-order valence-corrected chi connectivity index (χ0v) is 16.2. The zero-order valence-electron chi connectivity index (χ0n) is 16.2. The smallest absolute Gasteiger partial charge is 0.161 e. The summed E-state index contributed by atoms with van der Waals surface area (Å²) in [6, 6.07) is 15.7. The Kier molecular flexibility index (Phi) is 3.76. The van der Waals surface area contributed by atoms with E-state index in [9.17, 15) is 0 Å². The number of nitrogen functional groups attached to an aromatic ring is 1. The standard InChI is InChI=1S/C23H16N8/c24-15-10-14(11-26-12-15)17-4-5-19-21(27-17)22(31-30-19)23-28-18-3-1-2-16(20(18)29-23)13-6-8-25-9-7-13/h1-12H,24H2,(H,28,29)(H,30,31). The van der Waals surface area contributed by atoms with Gasteiger partial charge in [-0.15, -0.1) is 0 Å². The highest BCUT2D eigenvalue weighted by atomic mass is 15.1. The third kappa shape index (κ3) is 2.89. The number of hydrogen-bond acceptors (Lipinski definition) is 6. The van der Waals surface area contributed by atoms with Gasteiger partial charge in [0.05, 0.1) is 27.9 Å². The second-order valence-corrected chi connectivity index (χ2v) is 7.19. The lowest BCUT2D eigenvalue weighted by atomic mass is 10.1. The van der Waals surface area contributed by atoms with Crippen LogP contribution in [-0.4, -0.2) is 35.1 Å². The summed E-state index contributed by atoms with van der Waals surface area (Å²) in [6.07, 6.45) is 6.91. The van der Waals surface area contributed by atoms with Crippen LogP contribution in [0.25, 0.3) is 56.0 Å². The molecule has 8 heteroatoms. The number of pyridine rings is 3. The number of nitrogens with two attached hydrogens (primary N) is 1. The molecule has 0 aliphatic carbocycles. The molecule has 4 N–H and O–H groups in total. The number of anilines is 1. The molecule has 0 radical (unpaired) electrons. The minimum absolute atomic E-state index is 0.590. The fourth-order valence-electron chi connectivity index (χ4n) is 3.73. The number of fused-ring (bicyclic) bond motifs is 2. The van der Waals surface area contributed by atoms with Gasteiger partial charge in [0.2, 0.25) is 0 Å². The number of nitrogens with zero attached hydrogens (tertiary/aromatic N) is 5. The highest BCUT2D eigenvalue weighted by Gasteiger charge is 2.16. The van der Waals surface area contributed by atoms with Gasteiger partial charge in [0.1, 0.15) is 5.52 Å². The molecule has 0 fully saturated rings. The zero-order chi connectivity index (χ0) is 20.8. The van der Waals surface area contributed by atoms with Crippen LogP contribution in [0, 0.1) is 0 Å². The van der Waals surface area contributed by atoms with E-state index in [1.165, 1.54) is 0 Å². The average molecular weight is 404 g/mol. The molecule has 0 aliphatic heterocycles. The van der Waals surface area contributed by atoms with Crippen LogP contribution < -0.4 is 5.73 Å². The summed E-state index contributed by atoms with van der Waals surface area (Å²) in [7, 11) is 0. The van der Waals surface area contributed by atoms with Crippen molar-refractivity contribution in [2.24, 2.45) is 0 Å². The maximum atomic E-state index is 5.89. The number of hydrogen-bond donors (Lipinski definition) is 3. The first-order valence-electron chi connectivity index (χ1n) is 9.72. The summed E-state index contributed by atoms with van der Waals surface area (Å²) in [4.78, 5) is 21.3. The molecule has 5 aromatic heterocycles. The van der Waals surface area contributed by atoms with E-state index in [0.29, 0.717) is 17.2 Å². The minimum atomic E-state index is 0.590. The first-order chi connectivity index (χ1) is 15.3. The molecule has 148 valence electrons. The van der Waals surface area contributed by atoms with Gasteiger partial charge in [-0.1, -0.05) is 12.1 Å². The molecule has 8 nitrogen and oxygen atoms in total. The van der Waals surface area contributed by atoms with E-state index in [2.05, 4.69) is 25.1 Å². The molecule has 0 bridgehead atoms. The van der Waals surface area contributed by atoms with Crippen molar-refractivity contribution in [3.05, 3.63) is 73.3 Å². The van der Waals surface area contributed by atoms with Crippen LogP contribution >= 0.6 is 0 Å². The largest absolute Gasteiger partial charge is 0.397 e. The predicted octanol–water partition coefficient (Wildman–Crippen LogP) is 4.21. The van der Waals surface area contributed by atoms with Crippen molar-refractivity contribution >= 4 is 27.8 Å². The highest BCUT2D eigenvalue weighted by molar-refractivity contribution is 5.96. The van der Waals surface area contributed by atoms with Crippen LogP contribution in [-0.2, 0) is 0 Å². The quantitative estimate of drug-likeness (QED) is 0.406. The lowest BCUT2D eigenvalue weighted by molar-refractivity contribution is 1.10. The van der Waals surface area contributed by atoms with Gasteiger partial charge < -0.3 is 10.7 Å². The molecule has 0 amide bonds. The Morgan fingerprint density at radius 1 is 0.774 bits per heavy atom. The van der Waals surface area contributed by atoms with Crippen molar-refractivity contribution in [1.29, 1.82) is 0 Å². The SMILES string of the molecule is Nc1cncc(-c2ccc3[nH]nc(-c4nc5c(-c6ccncc6)cccc5[nH]4)c3n2)c1.